The number of hydrogen-bond donors (Lipinski definition) is 0. The second-order valence-corrected chi connectivity index (χ2v) is 13.9. The zero-order valence-corrected chi connectivity index (χ0v) is 29.2. The Morgan fingerprint density at radius 3 is 0.854 bits per heavy atom. The van der Waals surface area contributed by atoms with Crippen LogP contribution in [0, 0.1) is 0 Å². The second-order valence-electron chi connectivity index (χ2n) is 12.3. The van der Waals surface area contributed by atoms with Crippen LogP contribution in [0.3, 0.4) is 0 Å². The predicted octanol–water partition coefficient (Wildman–Crippen LogP) is 11.7. The Morgan fingerprint density at radius 1 is 0.390 bits per heavy atom. The maximum Gasteiger partial charge on any atom is 2.00 e. The molecule has 0 aliphatic rings. The summed E-state index contributed by atoms with van der Waals surface area (Å²) in [5.41, 5.74) is 0. The molecule has 0 rings (SSSR count). The monoisotopic (exact) mass is 639 g/mol. The topological polar surface area (TPSA) is 63.2 Å². The van der Waals surface area contributed by atoms with Gasteiger partial charge in [0.1, 0.15) is 0 Å². The van der Waals surface area contributed by atoms with Crippen molar-refractivity contribution in [3.05, 3.63) is 24.3 Å². The van der Waals surface area contributed by atoms with Gasteiger partial charge in [-0.05, 0) is 63.9 Å². The van der Waals surface area contributed by atoms with Crippen LogP contribution in [-0.2, 0) is 21.3 Å². The quantitative estimate of drug-likeness (QED) is 0.0408. The Balaban J connectivity index is 0. The summed E-state index contributed by atoms with van der Waals surface area (Å²) in [5.74, 6) is 0. The Bertz CT molecular complexity index is 587. The van der Waals surface area contributed by atoms with E-state index in [0.717, 1.165) is 25.7 Å². The van der Waals surface area contributed by atoms with Crippen LogP contribution in [0.2, 0.25) is 0 Å². The molecule has 0 aromatic carbocycles. The first kappa shape index (κ1) is 43.3. The van der Waals surface area contributed by atoms with Crippen LogP contribution in [0.4, 0.5) is 0 Å². The van der Waals surface area contributed by atoms with Gasteiger partial charge < -0.3 is 14.4 Å². The predicted molar refractivity (Wildman–Crippen MR) is 175 cm³/mol. The molecule has 245 valence electrons. The minimum absolute atomic E-state index is 0. The summed E-state index contributed by atoms with van der Waals surface area (Å²) in [5, 5.41) is 0. The number of hydrogen-bond acceptors (Lipinski definition) is 3. The third-order valence-electron chi connectivity index (χ3n) is 8.10. The largest absolute Gasteiger partial charge is 2.00 e. The van der Waals surface area contributed by atoms with Gasteiger partial charge in [0.25, 0.3) is 0 Å². The van der Waals surface area contributed by atoms with Gasteiger partial charge in [-0.3, -0.25) is 0 Å². The van der Waals surface area contributed by atoms with E-state index in [2.05, 4.69) is 31.2 Å². The normalized spacial score (nSPS) is 12.1. The van der Waals surface area contributed by atoms with Gasteiger partial charge in [-0.2, -0.15) is 0 Å². The molecular formula is C36H69CoO3P. The molecule has 0 aliphatic heterocycles. The fourth-order valence-electron chi connectivity index (χ4n) is 5.43. The van der Waals surface area contributed by atoms with Crippen LogP contribution >= 0.6 is 7.60 Å². The average molecular weight is 640 g/mol. The fraction of sp³-hybridized carbons (Fsp3) is 0.889. The van der Waals surface area contributed by atoms with E-state index in [1.165, 1.54) is 161 Å². The molecule has 1 radical (unpaired) electrons. The molecule has 0 unspecified atom stereocenters. The molecule has 0 atom stereocenters. The minimum atomic E-state index is -4.28. The summed E-state index contributed by atoms with van der Waals surface area (Å²) in [4.78, 5) is 21.1. The number of unbranched alkanes of at least 4 members (excludes halogenated alkanes) is 27. The maximum atomic E-state index is 10.6. The minimum Gasteiger partial charge on any atom is -0.811 e. The maximum absolute atomic E-state index is 10.6. The average Bonchev–Trinajstić information content (AvgIpc) is 2.92. The Kier molecular flexibility index (Phi) is 38.3. The molecule has 0 fully saturated rings. The van der Waals surface area contributed by atoms with E-state index in [1.807, 2.05) is 0 Å². The first-order chi connectivity index (χ1) is 19.6. The zero-order valence-electron chi connectivity index (χ0n) is 27.2. The van der Waals surface area contributed by atoms with E-state index in [1.54, 1.807) is 0 Å². The molecule has 0 aliphatic carbocycles. The molecule has 0 spiro atoms. The van der Waals surface area contributed by atoms with E-state index < -0.39 is 7.60 Å². The fourth-order valence-corrected chi connectivity index (χ4v) is 6.05. The van der Waals surface area contributed by atoms with Crippen LogP contribution in [0.15, 0.2) is 24.3 Å². The Labute approximate surface area is 268 Å². The third kappa shape index (κ3) is 42.3. The van der Waals surface area contributed by atoms with Gasteiger partial charge in [0.05, 0.1) is 0 Å². The molecule has 0 aromatic rings. The molecule has 5 heteroatoms. The van der Waals surface area contributed by atoms with Gasteiger partial charge in [0.15, 0.2) is 0 Å². The van der Waals surface area contributed by atoms with Crippen LogP contribution in [0.1, 0.15) is 200 Å². The first-order valence-corrected chi connectivity index (χ1v) is 19.6. The van der Waals surface area contributed by atoms with Crippen molar-refractivity contribution in [1.82, 2.24) is 0 Å². The molecule has 0 bridgehead atoms. The zero-order chi connectivity index (χ0) is 29.2. The van der Waals surface area contributed by atoms with Crippen LogP contribution in [-0.4, -0.2) is 6.16 Å². The van der Waals surface area contributed by atoms with Gasteiger partial charge in [0, 0.05) is 0 Å². The third-order valence-corrected chi connectivity index (χ3v) is 8.97. The van der Waals surface area contributed by atoms with Gasteiger partial charge in [0.2, 0.25) is 0 Å². The van der Waals surface area contributed by atoms with E-state index in [-0.39, 0.29) is 22.9 Å². The smallest absolute Gasteiger partial charge is 0.811 e. The van der Waals surface area contributed by atoms with Crippen LogP contribution < -0.4 is 9.79 Å². The van der Waals surface area contributed by atoms with Gasteiger partial charge in [-0.1, -0.05) is 174 Å². The number of rotatable bonds is 33. The summed E-state index contributed by atoms with van der Waals surface area (Å²) in [7, 11) is -4.28. The SMILES string of the molecule is CCCCCCCC/C=C\CCCCCCCCCCCCCCCC/C=C\CCCCCCCCP(=O)([O-])[O-].[Co+2]. The van der Waals surface area contributed by atoms with Crippen molar-refractivity contribution in [2.24, 2.45) is 0 Å². The molecule has 0 saturated heterocycles. The van der Waals surface area contributed by atoms with E-state index >= 15 is 0 Å². The second kappa shape index (κ2) is 36.3. The molecule has 0 saturated carbocycles. The van der Waals surface area contributed by atoms with Crippen molar-refractivity contribution in [2.45, 2.75) is 200 Å². The molecule has 41 heavy (non-hydrogen) atoms. The molecular weight excluding hydrogens is 570 g/mol. The number of allylic oxidation sites excluding steroid dienone is 4. The standard InChI is InChI=1S/C36H71O3P.Co/c1-2-3-4-5-6-7-8-9-10-11-12-13-14-15-16-17-18-19-20-21-22-23-24-25-26-27-28-29-30-31-32-33-34-35-36-40(37,38)39;/h9-10,27-28H,2-8,11-26,29-36H2,1H3,(H2,37,38,39);/q;+2/p-2/b10-9-,28-27-;. The van der Waals surface area contributed by atoms with Crippen LogP contribution in [0.25, 0.3) is 0 Å². The summed E-state index contributed by atoms with van der Waals surface area (Å²) in [6.45, 7) is 2.29. The Morgan fingerprint density at radius 2 is 0.610 bits per heavy atom. The van der Waals surface area contributed by atoms with E-state index in [9.17, 15) is 14.4 Å². The summed E-state index contributed by atoms with van der Waals surface area (Å²) in [6, 6.07) is 0. The molecule has 3 nitrogen and oxygen atoms in total. The summed E-state index contributed by atoms with van der Waals surface area (Å²) >= 11 is 0. The molecule has 0 heterocycles. The van der Waals surface area contributed by atoms with E-state index in [4.69, 9.17) is 0 Å². The Hall–Kier alpha value is 0.136. The van der Waals surface area contributed by atoms with Crippen molar-refractivity contribution in [3.63, 3.8) is 0 Å². The summed E-state index contributed by atoms with van der Waals surface area (Å²) in [6.07, 6.45) is 48.6. The van der Waals surface area contributed by atoms with Crippen molar-refractivity contribution < 1.29 is 31.1 Å². The summed E-state index contributed by atoms with van der Waals surface area (Å²) < 4.78 is 10.6. The van der Waals surface area contributed by atoms with Crippen molar-refractivity contribution >= 4 is 7.60 Å². The van der Waals surface area contributed by atoms with Crippen molar-refractivity contribution in [1.29, 1.82) is 0 Å². The van der Waals surface area contributed by atoms with Crippen LogP contribution in [0.5, 0.6) is 0 Å². The van der Waals surface area contributed by atoms with Gasteiger partial charge in [-0.15, -0.1) is 0 Å². The molecule has 0 amide bonds. The van der Waals surface area contributed by atoms with E-state index in [0.29, 0.717) is 6.42 Å². The first-order valence-electron chi connectivity index (χ1n) is 17.9. The van der Waals surface area contributed by atoms with Gasteiger partial charge >= 0.3 is 16.8 Å². The molecule has 0 N–H and O–H groups in total. The van der Waals surface area contributed by atoms with Crippen molar-refractivity contribution in [3.8, 4) is 0 Å². The van der Waals surface area contributed by atoms with Crippen molar-refractivity contribution in [2.75, 3.05) is 6.16 Å². The van der Waals surface area contributed by atoms with Gasteiger partial charge in [-0.25, -0.2) is 0 Å². The molecule has 0 aromatic heterocycles.